The molecule has 152 valence electrons. The Kier molecular flexibility index (Phi) is 4.37. The predicted octanol–water partition coefficient (Wildman–Crippen LogP) is 1.29. The molecule has 0 radical (unpaired) electrons. The lowest BCUT2D eigenvalue weighted by atomic mass is 9.82. The van der Waals surface area contributed by atoms with Gasteiger partial charge in [-0.25, -0.2) is 0 Å². The van der Waals surface area contributed by atoms with Crippen LogP contribution in [0.1, 0.15) is 33.5 Å². The molecule has 0 unspecified atom stereocenters. The highest BCUT2D eigenvalue weighted by Crippen LogP contribution is 2.39. The molecule has 0 saturated carbocycles. The number of rotatable bonds is 3. The molecule has 6 heteroatoms. The molecular weight excluding hydrogens is 366 g/mol. The van der Waals surface area contributed by atoms with Crippen molar-refractivity contribution in [3.05, 3.63) is 63.1 Å². The molecule has 5 rings (SSSR count). The number of amides is 1. The second kappa shape index (κ2) is 6.82. The van der Waals surface area contributed by atoms with Crippen molar-refractivity contribution in [1.29, 1.82) is 0 Å². The maximum Gasteiger partial charge on any atom is 0.268 e. The monoisotopic (exact) mass is 393 g/mol. The van der Waals surface area contributed by atoms with Crippen molar-refractivity contribution >= 4 is 5.91 Å². The minimum absolute atomic E-state index is 0.0581. The Morgan fingerprint density at radius 2 is 2.17 bits per heavy atom. The maximum absolute atomic E-state index is 13.4. The van der Waals surface area contributed by atoms with E-state index in [9.17, 15) is 14.7 Å². The second-order valence-electron chi connectivity index (χ2n) is 8.85. The molecule has 2 fully saturated rings. The van der Waals surface area contributed by atoms with Gasteiger partial charge in [0.25, 0.3) is 11.5 Å². The van der Waals surface area contributed by atoms with Gasteiger partial charge in [0, 0.05) is 37.8 Å². The van der Waals surface area contributed by atoms with Crippen molar-refractivity contribution in [2.45, 2.75) is 26.2 Å². The predicted molar refractivity (Wildman–Crippen MR) is 111 cm³/mol. The molecule has 1 aliphatic carbocycles. The first-order chi connectivity index (χ1) is 14.0. The SMILES string of the molecule is Cc1ccn(-c2cccc3c2CCC3)c(=O)c1C(=O)N1C[C@@H]2CNC[C@]2(CO)C1. The molecule has 3 heterocycles. The summed E-state index contributed by atoms with van der Waals surface area (Å²) in [6.45, 7) is 4.48. The Morgan fingerprint density at radius 1 is 1.31 bits per heavy atom. The summed E-state index contributed by atoms with van der Waals surface area (Å²) in [4.78, 5) is 28.6. The van der Waals surface area contributed by atoms with Crippen molar-refractivity contribution in [3.8, 4) is 5.69 Å². The standard InChI is InChI=1S/C23H27N3O3/c1-15-8-9-26(19-7-3-5-16-4-2-6-18(16)19)22(29)20(15)21(28)25-11-17-10-24-12-23(17,13-25)14-27/h3,5,7-9,17,24,27H,2,4,6,10-14H2,1H3/t17-,23+/m0/s1. The smallest absolute Gasteiger partial charge is 0.268 e. The van der Waals surface area contributed by atoms with Gasteiger partial charge in [0.2, 0.25) is 0 Å². The van der Waals surface area contributed by atoms with E-state index in [1.165, 1.54) is 11.1 Å². The first kappa shape index (κ1) is 18.6. The van der Waals surface area contributed by atoms with Crippen molar-refractivity contribution < 1.29 is 9.90 Å². The van der Waals surface area contributed by atoms with Crippen LogP contribution in [0.2, 0.25) is 0 Å². The zero-order valence-corrected chi connectivity index (χ0v) is 16.8. The van der Waals surface area contributed by atoms with Crippen molar-refractivity contribution in [2.24, 2.45) is 11.3 Å². The van der Waals surface area contributed by atoms with Crippen molar-refractivity contribution in [3.63, 3.8) is 0 Å². The molecule has 2 N–H and O–H groups in total. The number of fused-ring (bicyclic) bond motifs is 2. The van der Waals surface area contributed by atoms with E-state index in [2.05, 4.69) is 11.4 Å². The third kappa shape index (κ3) is 2.77. The van der Waals surface area contributed by atoms with Crippen LogP contribution in [0.5, 0.6) is 0 Å². The van der Waals surface area contributed by atoms with Crippen LogP contribution < -0.4 is 10.9 Å². The van der Waals surface area contributed by atoms with Crippen molar-refractivity contribution in [1.82, 2.24) is 14.8 Å². The fourth-order valence-corrected chi connectivity index (χ4v) is 5.46. The molecule has 3 aliphatic rings. The molecule has 2 atom stereocenters. The normalized spacial score (nSPS) is 25.3. The van der Waals surface area contributed by atoms with E-state index in [1.54, 1.807) is 15.7 Å². The number of carbonyl (C=O) groups is 1. The average molecular weight is 393 g/mol. The van der Waals surface area contributed by atoms with Gasteiger partial charge in [0.15, 0.2) is 0 Å². The van der Waals surface area contributed by atoms with Gasteiger partial charge in [0.05, 0.1) is 12.3 Å². The molecule has 1 amide bonds. The van der Waals surface area contributed by atoms with Gasteiger partial charge in [0.1, 0.15) is 5.56 Å². The molecule has 1 aromatic carbocycles. The molecule has 1 aromatic heterocycles. The summed E-state index contributed by atoms with van der Waals surface area (Å²) in [7, 11) is 0. The highest BCUT2D eigenvalue weighted by molar-refractivity contribution is 5.95. The lowest BCUT2D eigenvalue weighted by molar-refractivity contribution is 0.0742. The number of nitrogens with one attached hydrogen (secondary N) is 1. The third-order valence-corrected chi connectivity index (χ3v) is 7.18. The molecule has 2 aliphatic heterocycles. The number of aryl methyl sites for hydroxylation is 2. The largest absolute Gasteiger partial charge is 0.396 e. The topological polar surface area (TPSA) is 74.6 Å². The van der Waals surface area contributed by atoms with Crippen LogP contribution in [0.4, 0.5) is 0 Å². The second-order valence-corrected chi connectivity index (χ2v) is 8.85. The Bertz CT molecular complexity index is 1040. The first-order valence-electron chi connectivity index (χ1n) is 10.5. The van der Waals surface area contributed by atoms with Crippen LogP contribution in [-0.4, -0.2) is 53.3 Å². The van der Waals surface area contributed by atoms with Crippen LogP contribution >= 0.6 is 0 Å². The molecule has 29 heavy (non-hydrogen) atoms. The number of nitrogens with zero attached hydrogens (tertiary/aromatic N) is 2. The van der Waals surface area contributed by atoms with Crippen molar-refractivity contribution in [2.75, 3.05) is 32.8 Å². The Hall–Kier alpha value is -2.44. The minimum Gasteiger partial charge on any atom is -0.396 e. The third-order valence-electron chi connectivity index (χ3n) is 7.18. The number of likely N-dealkylation sites (tertiary alicyclic amines) is 1. The molecule has 2 saturated heterocycles. The zero-order chi connectivity index (χ0) is 20.2. The van der Waals surface area contributed by atoms with E-state index >= 15 is 0 Å². The van der Waals surface area contributed by atoms with E-state index in [-0.39, 0.29) is 35.0 Å². The number of hydrogen-bond donors (Lipinski definition) is 2. The number of hydrogen-bond acceptors (Lipinski definition) is 4. The highest BCUT2D eigenvalue weighted by atomic mass is 16.3. The van der Waals surface area contributed by atoms with E-state index in [1.807, 2.05) is 25.1 Å². The van der Waals surface area contributed by atoms with Crippen LogP contribution in [0.25, 0.3) is 5.69 Å². The number of aromatic nitrogens is 1. The van der Waals surface area contributed by atoms with Gasteiger partial charge in [-0.1, -0.05) is 12.1 Å². The Balaban J connectivity index is 1.54. The molecule has 0 spiro atoms. The van der Waals surface area contributed by atoms with Gasteiger partial charge in [-0.15, -0.1) is 0 Å². The maximum atomic E-state index is 13.4. The summed E-state index contributed by atoms with van der Waals surface area (Å²) < 4.78 is 1.64. The lowest BCUT2D eigenvalue weighted by Crippen LogP contribution is -2.40. The van der Waals surface area contributed by atoms with E-state index < -0.39 is 0 Å². The lowest BCUT2D eigenvalue weighted by Gasteiger charge is -2.25. The number of benzene rings is 1. The Morgan fingerprint density at radius 3 is 2.97 bits per heavy atom. The molecular formula is C23H27N3O3. The van der Waals surface area contributed by atoms with Crippen LogP contribution in [0, 0.1) is 18.3 Å². The summed E-state index contributed by atoms with van der Waals surface area (Å²) >= 11 is 0. The summed E-state index contributed by atoms with van der Waals surface area (Å²) in [5.74, 6) is 0.0248. The Labute approximate surface area is 170 Å². The van der Waals surface area contributed by atoms with Gasteiger partial charge in [-0.3, -0.25) is 14.2 Å². The van der Waals surface area contributed by atoms with Crippen LogP contribution in [0.3, 0.4) is 0 Å². The fraction of sp³-hybridized carbons (Fsp3) is 0.478. The summed E-state index contributed by atoms with van der Waals surface area (Å²) in [5.41, 5.74) is 3.85. The summed E-state index contributed by atoms with van der Waals surface area (Å²) in [6, 6.07) is 7.96. The first-order valence-corrected chi connectivity index (χ1v) is 10.5. The molecule has 6 nitrogen and oxygen atoms in total. The number of aliphatic hydroxyl groups is 1. The van der Waals surface area contributed by atoms with E-state index in [0.717, 1.165) is 31.5 Å². The highest BCUT2D eigenvalue weighted by Gasteiger charge is 2.50. The van der Waals surface area contributed by atoms with Gasteiger partial charge in [-0.05, 0) is 60.9 Å². The van der Waals surface area contributed by atoms with Gasteiger partial charge >= 0.3 is 0 Å². The number of pyridine rings is 1. The average Bonchev–Trinajstić information content (AvgIpc) is 3.41. The van der Waals surface area contributed by atoms with E-state index in [4.69, 9.17) is 0 Å². The van der Waals surface area contributed by atoms with Gasteiger partial charge in [-0.2, -0.15) is 0 Å². The van der Waals surface area contributed by atoms with Crippen LogP contribution in [-0.2, 0) is 12.8 Å². The summed E-state index contributed by atoms with van der Waals surface area (Å²) in [5, 5.41) is 13.3. The van der Waals surface area contributed by atoms with Gasteiger partial charge < -0.3 is 15.3 Å². The van der Waals surface area contributed by atoms with E-state index in [0.29, 0.717) is 25.2 Å². The molecule has 0 bridgehead atoms. The summed E-state index contributed by atoms with van der Waals surface area (Å²) in [6.07, 6.45) is 4.91. The number of carbonyl (C=O) groups excluding carboxylic acids is 1. The quantitative estimate of drug-likeness (QED) is 0.824. The number of aliphatic hydroxyl groups excluding tert-OH is 1. The minimum atomic E-state index is -0.280. The molecule has 2 aromatic rings. The fourth-order valence-electron chi connectivity index (χ4n) is 5.46. The van der Waals surface area contributed by atoms with Crippen LogP contribution in [0.15, 0.2) is 35.3 Å². The zero-order valence-electron chi connectivity index (χ0n) is 16.8.